The van der Waals surface area contributed by atoms with Gasteiger partial charge in [-0.15, -0.1) is 22.2 Å². The number of hydrogen-bond donors (Lipinski definition) is 1. The Hall–Kier alpha value is 0.757. The standard InChI is InChI=1S/C2H7Cl2NSi/c1-5-2-6(3)4/h5-6H,2H2,1H3. The van der Waals surface area contributed by atoms with Crippen molar-refractivity contribution in [2.45, 2.75) is 0 Å². The van der Waals surface area contributed by atoms with E-state index in [9.17, 15) is 0 Å². The molecular weight excluding hydrogens is 137 g/mol. The predicted octanol–water partition coefficient (Wildman–Crippen LogP) is 0.443. The molecule has 0 heterocycles. The lowest BCUT2D eigenvalue weighted by molar-refractivity contribution is 0.970. The molecule has 0 atom stereocenters. The van der Waals surface area contributed by atoms with Crippen molar-refractivity contribution < 1.29 is 0 Å². The Bertz CT molecular complexity index is 32.7. The first-order valence-corrected chi connectivity index (χ1v) is 6.01. The van der Waals surface area contributed by atoms with Gasteiger partial charge in [0.05, 0.1) is 0 Å². The van der Waals surface area contributed by atoms with Crippen LogP contribution in [0.25, 0.3) is 0 Å². The fraction of sp³-hybridized carbons (Fsp3) is 1.00. The summed E-state index contributed by atoms with van der Waals surface area (Å²) in [6, 6.07) is 0. The number of hydrogen-bond acceptors (Lipinski definition) is 1. The smallest absolute Gasteiger partial charge is 0.250 e. The molecule has 0 aliphatic carbocycles. The van der Waals surface area contributed by atoms with Crippen molar-refractivity contribution in [3.05, 3.63) is 0 Å². The molecule has 0 bridgehead atoms. The van der Waals surface area contributed by atoms with Crippen LogP contribution in [0, 0.1) is 0 Å². The molecule has 6 heavy (non-hydrogen) atoms. The maximum absolute atomic E-state index is 5.42. The monoisotopic (exact) mass is 143 g/mol. The second-order valence-electron chi connectivity index (χ2n) is 0.949. The van der Waals surface area contributed by atoms with E-state index in [2.05, 4.69) is 5.32 Å². The zero-order valence-electron chi connectivity index (χ0n) is 3.54. The van der Waals surface area contributed by atoms with Crippen LogP contribution < -0.4 is 5.32 Å². The second-order valence-corrected chi connectivity index (χ2v) is 5.97. The molecule has 0 aromatic carbocycles. The van der Waals surface area contributed by atoms with E-state index < -0.39 is 7.42 Å². The molecule has 0 rings (SSSR count). The van der Waals surface area contributed by atoms with Gasteiger partial charge in [0.1, 0.15) is 0 Å². The highest BCUT2D eigenvalue weighted by Crippen LogP contribution is 1.90. The Morgan fingerprint density at radius 1 is 1.67 bits per heavy atom. The quantitative estimate of drug-likeness (QED) is 0.438. The van der Waals surface area contributed by atoms with Gasteiger partial charge in [0.15, 0.2) is 0 Å². The van der Waals surface area contributed by atoms with E-state index in [1.165, 1.54) is 0 Å². The molecule has 1 nitrogen and oxygen atoms in total. The lowest BCUT2D eigenvalue weighted by Gasteiger charge is -1.91. The first kappa shape index (κ1) is 6.76. The van der Waals surface area contributed by atoms with E-state index in [4.69, 9.17) is 22.2 Å². The minimum absolute atomic E-state index is 0.795. The molecule has 38 valence electrons. The topological polar surface area (TPSA) is 12.0 Å². The summed E-state index contributed by atoms with van der Waals surface area (Å²) in [4.78, 5) is 0. The predicted molar refractivity (Wildman–Crippen MR) is 32.8 cm³/mol. The highest BCUT2D eigenvalue weighted by Gasteiger charge is 1.94. The lowest BCUT2D eigenvalue weighted by atomic mass is 11.3. The minimum Gasteiger partial charge on any atom is -0.320 e. The molecule has 0 aromatic rings. The Balaban J connectivity index is 2.63. The van der Waals surface area contributed by atoms with Crippen molar-refractivity contribution in [3.8, 4) is 0 Å². The zero-order valence-corrected chi connectivity index (χ0v) is 6.21. The van der Waals surface area contributed by atoms with Gasteiger partial charge < -0.3 is 5.32 Å². The van der Waals surface area contributed by atoms with Crippen molar-refractivity contribution in [1.29, 1.82) is 0 Å². The summed E-state index contributed by atoms with van der Waals surface area (Å²) in [6.07, 6.45) is 0.795. The van der Waals surface area contributed by atoms with Gasteiger partial charge in [-0.1, -0.05) is 0 Å². The molecule has 0 aromatic heterocycles. The van der Waals surface area contributed by atoms with Crippen LogP contribution in [0.15, 0.2) is 0 Å². The second kappa shape index (κ2) is 3.93. The van der Waals surface area contributed by atoms with Gasteiger partial charge in [-0.25, -0.2) is 0 Å². The summed E-state index contributed by atoms with van der Waals surface area (Å²) in [6.45, 7) is 0. The van der Waals surface area contributed by atoms with Gasteiger partial charge in [0, 0.05) is 6.17 Å². The van der Waals surface area contributed by atoms with Crippen LogP contribution in [0.5, 0.6) is 0 Å². The normalized spacial score (nSPS) is 10.0. The first-order valence-electron chi connectivity index (χ1n) is 1.70. The SMILES string of the molecule is CNC[SiH](Cl)Cl. The Morgan fingerprint density at radius 3 is 2.17 bits per heavy atom. The molecule has 0 radical (unpaired) electrons. The van der Waals surface area contributed by atoms with Crippen LogP contribution in [0.2, 0.25) is 0 Å². The van der Waals surface area contributed by atoms with Gasteiger partial charge in [0.2, 0.25) is 7.42 Å². The van der Waals surface area contributed by atoms with Gasteiger partial charge in [-0.2, -0.15) is 0 Å². The van der Waals surface area contributed by atoms with Gasteiger partial charge >= 0.3 is 0 Å². The molecule has 0 spiro atoms. The van der Waals surface area contributed by atoms with E-state index in [0.29, 0.717) is 0 Å². The van der Waals surface area contributed by atoms with Gasteiger partial charge in [-0.05, 0) is 7.05 Å². The third kappa shape index (κ3) is 4.76. The molecular formula is C2H7Cl2NSi. The van der Waals surface area contributed by atoms with E-state index in [1.807, 2.05) is 7.05 Å². The molecule has 0 saturated carbocycles. The van der Waals surface area contributed by atoms with E-state index >= 15 is 0 Å². The molecule has 4 heteroatoms. The fourth-order valence-corrected chi connectivity index (χ4v) is 1.39. The molecule has 1 N–H and O–H groups in total. The highest BCUT2D eigenvalue weighted by molar-refractivity contribution is 7.33. The van der Waals surface area contributed by atoms with Crippen LogP contribution >= 0.6 is 22.2 Å². The number of nitrogens with one attached hydrogen (secondary N) is 1. The highest BCUT2D eigenvalue weighted by atomic mass is 35.7. The van der Waals surface area contributed by atoms with Crippen LogP contribution in [-0.2, 0) is 0 Å². The average Bonchev–Trinajstić information content (AvgIpc) is 1.35. The molecule has 0 amide bonds. The Morgan fingerprint density at radius 2 is 2.17 bits per heavy atom. The van der Waals surface area contributed by atoms with Crippen molar-refractivity contribution >= 4 is 29.6 Å². The molecule has 0 unspecified atom stereocenters. The summed E-state index contributed by atoms with van der Waals surface area (Å²) < 4.78 is 0. The van der Waals surface area contributed by atoms with E-state index in [1.54, 1.807) is 0 Å². The molecule has 0 fully saturated rings. The maximum Gasteiger partial charge on any atom is 0.250 e. The average molecular weight is 144 g/mol. The minimum atomic E-state index is -1.34. The van der Waals surface area contributed by atoms with Crippen LogP contribution in [0.4, 0.5) is 0 Å². The fourth-order valence-electron chi connectivity index (χ4n) is 0.154. The van der Waals surface area contributed by atoms with Crippen molar-refractivity contribution in [2.24, 2.45) is 0 Å². The summed E-state index contributed by atoms with van der Waals surface area (Å²) >= 11 is 10.8. The van der Waals surface area contributed by atoms with Crippen molar-refractivity contribution in [2.75, 3.05) is 13.2 Å². The zero-order chi connectivity index (χ0) is 4.99. The molecule has 0 saturated heterocycles. The third-order valence-electron chi connectivity index (χ3n) is 0.358. The van der Waals surface area contributed by atoms with Crippen LogP contribution in [0.3, 0.4) is 0 Å². The van der Waals surface area contributed by atoms with Crippen LogP contribution in [0.1, 0.15) is 0 Å². The summed E-state index contributed by atoms with van der Waals surface area (Å²) in [5.74, 6) is 0. The van der Waals surface area contributed by atoms with Gasteiger partial charge in [-0.3, -0.25) is 0 Å². The number of halogens is 2. The third-order valence-corrected chi connectivity index (χ3v) is 2.00. The van der Waals surface area contributed by atoms with E-state index in [-0.39, 0.29) is 0 Å². The van der Waals surface area contributed by atoms with Crippen molar-refractivity contribution in [3.63, 3.8) is 0 Å². The first-order chi connectivity index (χ1) is 2.77. The Labute approximate surface area is 48.6 Å². The maximum atomic E-state index is 5.42. The molecule has 0 aliphatic heterocycles. The molecule has 0 aliphatic rings. The number of rotatable bonds is 2. The lowest BCUT2D eigenvalue weighted by Crippen LogP contribution is -2.17. The summed E-state index contributed by atoms with van der Waals surface area (Å²) in [5.41, 5.74) is 0. The van der Waals surface area contributed by atoms with E-state index in [0.717, 1.165) is 6.17 Å². The van der Waals surface area contributed by atoms with Crippen LogP contribution in [-0.4, -0.2) is 20.6 Å². The summed E-state index contributed by atoms with van der Waals surface area (Å²) in [7, 11) is 0.501. The van der Waals surface area contributed by atoms with Crippen molar-refractivity contribution in [1.82, 2.24) is 5.32 Å². The van der Waals surface area contributed by atoms with Gasteiger partial charge in [0.25, 0.3) is 0 Å². The largest absolute Gasteiger partial charge is 0.320 e. The summed E-state index contributed by atoms with van der Waals surface area (Å²) in [5, 5.41) is 2.86. The Kier molecular flexibility index (Phi) is 4.43.